The Balaban J connectivity index is 1.69. The molecule has 13 nitrogen and oxygen atoms in total. The third-order valence-electron chi connectivity index (χ3n) is 5.73. The molecule has 0 bridgehead atoms. The molecule has 0 saturated heterocycles. The van der Waals surface area contributed by atoms with E-state index in [1.807, 2.05) is 0 Å². The fourth-order valence-electron chi connectivity index (χ4n) is 3.94. The van der Waals surface area contributed by atoms with Gasteiger partial charge in [0.1, 0.15) is 0 Å². The topological polar surface area (TPSA) is 155 Å². The summed E-state index contributed by atoms with van der Waals surface area (Å²) in [6.07, 6.45) is 1.42. The van der Waals surface area contributed by atoms with Crippen LogP contribution in [-0.4, -0.2) is 65.8 Å². The van der Waals surface area contributed by atoms with Gasteiger partial charge in [-0.05, 0) is 43.7 Å². The zero-order chi connectivity index (χ0) is 29.2. The van der Waals surface area contributed by atoms with Crippen LogP contribution < -0.4 is 39.7 Å². The largest absolute Gasteiger partial charge is 0.493 e. The van der Waals surface area contributed by atoms with Crippen LogP contribution in [0.15, 0.2) is 46.7 Å². The van der Waals surface area contributed by atoms with E-state index in [1.54, 1.807) is 44.2 Å². The van der Waals surface area contributed by atoms with Crippen molar-refractivity contribution in [3.05, 3.63) is 52.7 Å². The molecule has 1 aliphatic heterocycles. The first-order chi connectivity index (χ1) is 19.3. The lowest BCUT2D eigenvalue weighted by atomic mass is 9.95. The van der Waals surface area contributed by atoms with Crippen LogP contribution >= 0.6 is 0 Å². The summed E-state index contributed by atoms with van der Waals surface area (Å²) < 4.78 is 32.1. The first-order valence-electron chi connectivity index (χ1n) is 12.1. The summed E-state index contributed by atoms with van der Waals surface area (Å²) in [7, 11) is 5.93. The number of carbonyl (C=O) groups excluding carboxylic acids is 3. The van der Waals surface area contributed by atoms with Gasteiger partial charge in [-0.25, -0.2) is 15.0 Å². The molecule has 1 heterocycles. The third kappa shape index (κ3) is 6.92. The van der Waals surface area contributed by atoms with Gasteiger partial charge in [0, 0.05) is 11.3 Å². The SMILES string of the molecule is CCOC(=O)C1=C(C)NC(=O)N[C@@H]1c1ccc(OCC(=O)N/N=C\c2cc(OC)c(OC)c(OC)c2)c(OC)c1. The number of allylic oxidation sites excluding steroid dienone is 1. The van der Waals surface area contributed by atoms with Gasteiger partial charge in [-0.15, -0.1) is 0 Å². The quantitative estimate of drug-likeness (QED) is 0.203. The lowest BCUT2D eigenvalue weighted by Gasteiger charge is -2.28. The maximum absolute atomic E-state index is 12.6. The second-order valence-electron chi connectivity index (χ2n) is 8.24. The van der Waals surface area contributed by atoms with Crippen LogP contribution in [0.2, 0.25) is 0 Å². The van der Waals surface area contributed by atoms with Gasteiger partial charge in [-0.3, -0.25) is 4.79 Å². The summed E-state index contributed by atoms with van der Waals surface area (Å²) in [5.74, 6) is 0.804. The molecule has 0 spiro atoms. The summed E-state index contributed by atoms with van der Waals surface area (Å²) in [4.78, 5) is 37.0. The van der Waals surface area contributed by atoms with Gasteiger partial charge < -0.3 is 39.1 Å². The van der Waals surface area contributed by atoms with Gasteiger partial charge in [0.05, 0.1) is 52.9 Å². The molecule has 0 fully saturated rings. The number of hydrazone groups is 1. The average Bonchev–Trinajstić information content (AvgIpc) is 2.94. The fourth-order valence-corrected chi connectivity index (χ4v) is 3.94. The summed E-state index contributed by atoms with van der Waals surface area (Å²) in [5.41, 5.74) is 4.19. The van der Waals surface area contributed by atoms with Gasteiger partial charge in [0.15, 0.2) is 29.6 Å². The lowest BCUT2D eigenvalue weighted by molar-refractivity contribution is -0.139. The number of benzene rings is 2. The van der Waals surface area contributed by atoms with E-state index in [-0.39, 0.29) is 24.5 Å². The summed E-state index contributed by atoms with van der Waals surface area (Å²) >= 11 is 0. The lowest BCUT2D eigenvalue weighted by Crippen LogP contribution is -2.45. The minimum atomic E-state index is -0.774. The van der Waals surface area contributed by atoms with E-state index < -0.39 is 23.9 Å². The summed E-state index contributed by atoms with van der Waals surface area (Å²) in [6, 6.07) is 6.96. The molecular weight excluding hydrogens is 524 g/mol. The maximum Gasteiger partial charge on any atom is 0.338 e. The number of carbonyl (C=O) groups is 3. The van der Waals surface area contributed by atoms with Crippen molar-refractivity contribution in [1.82, 2.24) is 16.1 Å². The van der Waals surface area contributed by atoms with Gasteiger partial charge in [0.25, 0.3) is 5.91 Å². The van der Waals surface area contributed by atoms with Crippen molar-refractivity contribution in [2.75, 3.05) is 41.7 Å². The molecule has 0 unspecified atom stereocenters. The number of esters is 1. The van der Waals surface area contributed by atoms with Crippen molar-refractivity contribution >= 4 is 24.1 Å². The van der Waals surface area contributed by atoms with E-state index in [4.69, 9.17) is 28.4 Å². The number of methoxy groups -OCH3 is 4. The minimum absolute atomic E-state index is 0.182. The Hall–Kier alpha value is -4.94. The highest BCUT2D eigenvalue weighted by molar-refractivity contribution is 5.95. The standard InChI is InChI=1S/C27H32N4O9/c1-7-39-26(33)23-15(2)29-27(34)30-24(23)17-8-9-18(19(12-17)35-3)40-14-22(32)31-28-13-16-10-20(36-4)25(38-6)21(11-16)37-5/h8-13,24H,7,14H2,1-6H3,(H,31,32)(H2,29,30,34)/b28-13-/t24-/m1/s1. The van der Waals surface area contributed by atoms with E-state index in [0.717, 1.165) is 0 Å². The van der Waals surface area contributed by atoms with Crippen molar-refractivity contribution in [3.63, 3.8) is 0 Å². The average molecular weight is 557 g/mol. The molecule has 3 N–H and O–H groups in total. The molecule has 40 heavy (non-hydrogen) atoms. The van der Waals surface area contributed by atoms with E-state index in [9.17, 15) is 14.4 Å². The first kappa shape index (κ1) is 29.6. The minimum Gasteiger partial charge on any atom is -0.493 e. The number of amides is 3. The number of rotatable bonds is 12. The van der Waals surface area contributed by atoms with Crippen molar-refractivity contribution in [1.29, 1.82) is 0 Å². The highest BCUT2D eigenvalue weighted by atomic mass is 16.5. The number of nitrogens with zero attached hydrogens (tertiary/aromatic N) is 1. The Morgan fingerprint density at radius 2 is 1.65 bits per heavy atom. The summed E-state index contributed by atoms with van der Waals surface area (Å²) in [5, 5.41) is 9.26. The molecule has 1 atom stereocenters. The second kappa shape index (κ2) is 13.7. The van der Waals surface area contributed by atoms with Crippen LogP contribution in [0.1, 0.15) is 31.0 Å². The van der Waals surface area contributed by atoms with E-state index in [1.165, 1.54) is 34.7 Å². The Morgan fingerprint density at radius 1 is 0.975 bits per heavy atom. The Bertz CT molecular complexity index is 1300. The number of urea groups is 1. The normalized spacial score (nSPS) is 14.7. The predicted octanol–water partition coefficient (Wildman–Crippen LogP) is 2.44. The highest BCUT2D eigenvalue weighted by Gasteiger charge is 2.32. The number of nitrogens with one attached hydrogen (secondary N) is 3. The fraction of sp³-hybridized carbons (Fsp3) is 0.333. The van der Waals surface area contributed by atoms with Crippen LogP contribution in [-0.2, 0) is 14.3 Å². The molecule has 3 rings (SSSR count). The van der Waals surface area contributed by atoms with Crippen molar-refractivity contribution in [2.24, 2.45) is 5.10 Å². The van der Waals surface area contributed by atoms with Gasteiger partial charge in [-0.2, -0.15) is 5.10 Å². The molecule has 0 aromatic heterocycles. The zero-order valence-corrected chi connectivity index (χ0v) is 23.1. The smallest absolute Gasteiger partial charge is 0.338 e. The van der Waals surface area contributed by atoms with E-state index in [2.05, 4.69) is 21.2 Å². The Kier molecular flexibility index (Phi) is 10.2. The van der Waals surface area contributed by atoms with Gasteiger partial charge in [0.2, 0.25) is 5.75 Å². The number of ether oxygens (including phenoxy) is 6. The third-order valence-corrected chi connectivity index (χ3v) is 5.73. The van der Waals surface area contributed by atoms with Crippen LogP contribution in [0.4, 0.5) is 4.79 Å². The van der Waals surface area contributed by atoms with Crippen LogP contribution in [0.5, 0.6) is 28.7 Å². The van der Waals surface area contributed by atoms with Gasteiger partial charge in [-0.1, -0.05) is 6.07 Å². The van der Waals surface area contributed by atoms with Crippen molar-refractivity contribution in [2.45, 2.75) is 19.9 Å². The van der Waals surface area contributed by atoms with E-state index >= 15 is 0 Å². The monoisotopic (exact) mass is 556 g/mol. The van der Waals surface area contributed by atoms with Gasteiger partial charge >= 0.3 is 12.0 Å². The zero-order valence-electron chi connectivity index (χ0n) is 23.1. The molecule has 1 aliphatic rings. The summed E-state index contributed by atoms with van der Waals surface area (Å²) in [6.45, 7) is 3.14. The Morgan fingerprint density at radius 3 is 2.25 bits per heavy atom. The molecule has 0 aliphatic carbocycles. The first-order valence-corrected chi connectivity index (χ1v) is 12.1. The van der Waals surface area contributed by atoms with Crippen LogP contribution in [0.25, 0.3) is 0 Å². The number of hydrogen-bond donors (Lipinski definition) is 3. The molecule has 2 aromatic rings. The number of hydrogen-bond acceptors (Lipinski definition) is 10. The maximum atomic E-state index is 12.6. The molecule has 0 saturated carbocycles. The Labute approximate surface area is 231 Å². The van der Waals surface area contributed by atoms with Crippen LogP contribution in [0, 0.1) is 0 Å². The van der Waals surface area contributed by atoms with Crippen molar-refractivity contribution < 1.29 is 42.8 Å². The molecule has 3 amide bonds. The predicted molar refractivity (Wildman–Crippen MR) is 144 cm³/mol. The molecule has 2 aromatic carbocycles. The second-order valence-corrected chi connectivity index (χ2v) is 8.24. The van der Waals surface area contributed by atoms with Crippen molar-refractivity contribution in [3.8, 4) is 28.7 Å². The van der Waals surface area contributed by atoms with Crippen LogP contribution in [0.3, 0.4) is 0 Å². The molecular formula is C27H32N4O9. The highest BCUT2D eigenvalue weighted by Crippen LogP contribution is 2.38. The van der Waals surface area contributed by atoms with E-state index in [0.29, 0.717) is 39.8 Å². The molecule has 13 heteroatoms. The molecule has 0 radical (unpaired) electrons. The molecule has 214 valence electrons.